The minimum Gasteiger partial charge on any atom is -0.496 e. The molecule has 3 aromatic heterocycles. The molecule has 4 heterocycles. The molecule has 136 valence electrons. The molecule has 0 bridgehead atoms. The van der Waals surface area contributed by atoms with Crippen LogP contribution < -0.4 is 15.6 Å². The molecule has 0 unspecified atom stereocenters. The average molecular weight is 377 g/mol. The van der Waals surface area contributed by atoms with E-state index in [9.17, 15) is 4.79 Å². The third-order valence-corrected chi connectivity index (χ3v) is 4.09. The SMILES string of the molecule is COc1cc(=O)n2c(c1-c1nc(-c3cccnn3)no1)CCNCC2.Cl. The van der Waals surface area contributed by atoms with Gasteiger partial charge in [0.15, 0.2) is 0 Å². The Balaban J connectivity index is 0.00000196. The van der Waals surface area contributed by atoms with Crippen molar-refractivity contribution in [3.63, 3.8) is 0 Å². The molecule has 4 rings (SSSR count). The van der Waals surface area contributed by atoms with E-state index in [0.717, 1.165) is 18.8 Å². The summed E-state index contributed by atoms with van der Waals surface area (Å²) in [6, 6.07) is 4.95. The minimum absolute atomic E-state index is 0. The Morgan fingerprint density at radius 3 is 3.00 bits per heavy atom. The number of ether oxygens (including phenoxy) is 1. The van der Waals surface area contributed by atoms with E-state index in [1.54, 1.807) is 22.9 Å². The van der Waals surface area contributed by atoms with E-state index in [-0.39, 0.29) is 18.0 Å². The number of methoxy groups -OCH3 is 1. The average Bonchev–Trinajstić information content (AvgIpc) is 2.99. The third kappa shape index (κ3) is 3.18. The number of halogens is 1. The summed E-state index contributed by atoms with van der Waals surface area (Å²) >= 11 is 0. The zero-order valence-electron chi connectivity index (χ0n) is 14.0. The molecular weight excluding hydrogens is 360 g/mol. The van der Waals surface area contributed by atoms with Crippen molar-refractivity contribution >= 4 is 12.4 Å². The van der Waals surface area contributed by atoms with Crippen LogP contribution in [0.25, 0.3) is 23.0 Å². The molecule has 9 nitrogen and oxygen atoms in total. The fourth-order valence-electron chi connectivity index (χ4n) is 2.94. The molecule has 0 aliphatic carbocycles. The lowest BCUT2D eigenvalue weighted by Gasteiger charge is -2.14. The fourth-order valence-corrected chi connectivity index (χ4v) is 2.94. The van der Waals surface area contributed by atoms with Gasteiger partial charge in [0.25, 0.3) is 11.4 Å². The number of fused-ring (bicyclic) bond motifs is 1. The van der Waals surface area contributed by atoms with Crippen LogP contribution >= 0.6 is 12.4 Å². The molecule has 0 saturated carbocycles. The van der Waals surface area contributed by atoms with Gasteiger partial charge in [0, 0.05) is 44.0 Å². The highest BCUT2D eigenvalue weighted by molar-refractivity contribution is 5.85. The predicted molar refractivity (Wildman–Crippen MR) is 95.4 cm³/mol. The summed E-state index contributed by atoms with van der Waals surface area (Å²) in [6.07, 6.45) is 2.23. The van der Waals surface area contributed by atoms with Gasteiger partial charge in [0.05, 0.1) is 7.11 Å². The maximum Gasteiger partial charge on any atom is 0.263 e. The third-order valence-electron chi connectivity index (χ3n) is 4.09. The summed E-state index contributed by atoms with van der Waals surface area (Å²) in [5.74, 6) is 1.05. The second kappa shape index (κ2) is 7.63. The number of aromatic nitrogens is 5. The molecule has 26 heavy (non-hydrogen) atoms. The van der Waals surface area contributed by atoms with Crippen LogP contribution in [0.2, 0.25) is 0 Å². The molecule has 1 N–H and O–H groups in total. The quantitative estimate of drug-likeness (QED) is 0.719. The summed E-state index contributed by atoms with van der Waals surface area (Å²) in [4.78, 5) is 16.8. The van der Waals surface area contributed by atoms with E-state index in [1.807, 2.05) is 0 Å². The first kappa shape index (κ1) is 18.0. The largest absolute Gasteiger partial charge is 0.496 e. The van der Waals surface area contributed by atoms with E-state index in [4.69, 9.17) is 9.26 Å². The second-order valence-electron chi connectivity index (χ2n) is 5.56. The first-order chi connectivity index (χ1) is 12.3. The van der Waals surface area contributed by atoms with Gasteiger partial charge in [0.2, 0.25) is 5.82 Å². The van der Waals surface area contributed by atoms with Crippen LogP contribution in [0.1, 0.15) is 5.69 Å². The highest BCUT2D eigenvalue weighted by Crippen LogP contribution is 2.32. The van der Waals surface area contributed by atoms with E-state index >= 15 is 0 Å². The van der Waals surface area contributed by atoms with Crippen molar-refractivity contribution in [2.75, 3.05) is 20.2 Å². The molecule has 0 fully saturated rings. The number of rotatable bonds is 3. The Morgan fingerprint density at radius 1 is 1.35 bits per heavy atom. The summed E-state index contributed by atoms with van der Waals surface area (Å²) < 4.78 is 12.6. The van der Waals surface area contributed by atoms with Crippen LogP contribution in [0.15, 0.2) is 33.7 Å². The molecule has 3 aromatic rings. The molecule has 0 atom stereocenters. The Kier molecular flexibility index (Phi) is 5.29. The number of hydrogen-bond acceptors (Lipinski definition) is 8. The summed E-state index contributed by atoms with van der Waals surface area (Å²) in [6.45, 7) is 2.06. The molecule has 0 amide bonds. The van der Waals surface area contributed by atoms with Gasteiger partial charge in [-0.2, -0.15) is 10.1 Å². The number of nitrogens with zero attached hydrogens (tertiary/aromatic N) is 5. The molecule has 0 aromatic carbocycles. The molecule has 10 heteroatoms. The van der Waals surface area contributed by atoms with Crippen molar-refractivity contribution < 1.29 is 9.26 Å². The zero-order chi connectivity index (χ0) is 17.2. The van der Waals surface area contributed by atoms with Gasteiger partial charge in [-0.3, -0.25) is 4.79 Å². The van der Waals surface area contributed by atoms with Crippen molar-refractivity contribution in [2.24, 2.45) is 0 Å². The molecule has 0 saturated heterocycles. The summed E-state index contributed by atoms with van der Waals surface area (Å²) in [7, 11) is 1.52. The van der Waals surface area contributed by atoms with E-state index in [0.29, 0.717) is 41.7 Å². The van der Waals surface area contributed by atoms with Gasteiger partial charge >= 0.3 is 0 Å². The van der Waals surface area contributed by atoms with Crippen LogP contribution in [0, 0.1) is 0 Å². The van der Waals surface area contributed by atoms with Gasteiger partial charge in [-0.15, -0.1) is 17.5 Å². The van der Waals surface area contributed by atoms with Crippen LogP contribution in [-0.2, 0) is 13.0 Å². The molecule has 1 aliphatic rings. The Labute approximate surface area is 154 Å². The van der Waals surface area contributed by atoms with E-state index in [1.165, 1.54) is 13.2 Å². The monoisotopic (exact) mass is 376 g/mol. The molecule has 1 aliphatic heterocycles. The lowest BCUT2D eigenvalue weighted by molar-refractivity contribution is 0.401. The van der Waals surface area contributed by atoms with Crippen molar-refractivity contribution in [2.45, 2.75) is 13.0 Å². The second-order valence-corrected chi connectivity index (χ2v) is 5.56. The topological polar surface area (TPSA) is 108 Å². The maximum atomic E-state index is 12.4. The maximum absolute atomic E-state index is 12.4. The molecular formula is C16H17ClN6O3. The number of pyridine rings is 1. The molecule has 0 radical (unpaired) electrons. The van der Waals surface area contributed by atoms with Crippen LogP contribution in [-0.4, -0.2) is 45.1 Å². The van der Waals surface area contributed by atoms with E-state index in [2.05, 4.69) is 25.7 Å². The van der Waals surface area contributed by atoms with Crippen molar-refractivity contribution in [3.8, 4) is 28.7 Å². The standard InChI is InChI=1S/C16H16N6O3.ClH/c1-24-12-9-13(23)22-8-7-17-6-4-11(22)14(12)16-19-15(21-25-16)10-3-2-5-18-20-10;/h2-3,5,9,17H,4,6-8H2,1H3;1H. The number of hydrogen-bond donors (Lipinski definition) is 1. The lowest BCUT2D eigenvalue weighted by Crippen LogP contribution is -2.25. The molecule has 0 spiro atoms. The van der Waals surface area contributed by atoms with Gasteiger partial charge < -0.3 is 19.1 Å². The minimum atomic E-state index is -0.104. The number of nitrogens with one attached hydrogen (secondary N) is 1. The Morgan fingerprint density at radius 2 is 2.23 bits per heavy atom. The van der Waals surface area contributed by atoms with Crippen LogP contribution in [0.3, 0.4) is 0 Å². The van der Waals surface area contributed by atoms with Crippen LogP contribution in [0.5, 0.6) is 5.75 Å². The fraction of sp³-hybridized carbons (Fsp3) is 0.312. The van der Waals surface area contributed by atoms with Crippen molar-refractivity contribution in [1.82, 2.24) is 30.2 Å². The van der Waals surface area contributed by atoms with Gasteiger partial charge in [-0.25, -0.2) is 0 Å². The summed E-state index contributed by atoms with van der Waals surface area (Å²) in [5.41, 5.74) is 1.88. The Hall–Kier alpha value is -2.78. The highest BCUT2D eigenvalue weighted by atomic mass is 35.5. The lowest BCUT2D eigenvalue weighted by atomic mass is 10.1. The normalized spacial score (nSPS) is 13.4. The van der Waals surface area contributed by atoms with Crippen molar-refractivity contribution in [3.05, 3.63) is 40.4 Å². The first-order valence-corrected chi connectivity index (χ1v) is 7.91. The summed E-state index contributed by atoms with van der Waals surface area (Å²) in [5, 5.41) is 15.1. The smallest absolute Gasteiger partial charge is 0.263 e. The predicted octanol–water partition coefficient (Wildman–Crippen LogP) is 0.931. The van der Waals surface area contributed by atoms with Gasteiger partial charge in [-0.05, 0) is 12.1 Å². The van der Waals surface area contributed by atoms with E-state index < -0.39 is 0 Å². The highest BCUT2D eigenvalue weighted by Gasteiger charge is 2.24. The first-order valence-electron chi connectivity index (χ1n) is 7.91. The van der Waals surface area contributed by atoms with Crippen molar-refractivity contribution in [1.29, 1.82) is 0 Å². The Bertz CT molecular complexity index is 956. The zero-order valence-corrected chi connectivity index (χ0v) is 14.8. The van der Waals surface area contributed by atoms with Gasteiger partial charge in [0.1, 0.15) is 17.0 Å². The van der Waals surface area contributed by atoms with Crippen LogP contribution in [0.4, 0.5) is 0 Å². The van der Waals surface area contributed by atoms with Gasteiger partial charge in [-0.1, -0.05) is 5.16 Å².